The average molecular weight is 290 g/mol. The van der Waals surface area contributed by atoms with Crippen LogP contribution in [0.25, 0.3) is 0 Å². The van der Waals surface area contributed by atoms with Crippen molar-refractivity contribution in [3.8, 4) is 0 Å². The number of carbonyl (C=O) groups excluding carboxylic acids is 1. The number of carbonyl (C=O) groups is 1. The van der Waals surface area contributed by atoms with Gasteiger partial charge >= 0.3 is 0 Å². The van der Waals surface area contributed by atoms with Gasteiger partial charge in [-0.3, -0.25) is 4.79 Å². The van der Waals surface area contributed by atoms with E-state index in [2.05, 4.69) is 10.6 Å². The third kappa shape index (κ3) is 5.86. The Morgan fingerprint density at radius 3 is 2.29 bits per heavy atom. The standard InChI is InChI=1S/C17H26N2O2/c20-13-15-9-7-14(8-10-15)11-18-12-17(21)19-16-5-3-1-2-4-6-16/h7-10,16,18,20H,1-6,11-13H2,(H,19,21). The SMILES string of the molecule is O=C(CNCc1ccc(CO)cc1)NC1CCCCCC1. The van der Waals surface area contributed by atoms with Crippen molar-refractivity contribution in [2.45, 2.75) is 57.7 Å². The highest BCUT2D eigenvalue weighted by atomic mass is 16.3. The Morgan fingerprint density at radius 2 is 1.67 bits per heavy atom. The first-order valence-electron chi connectivity index (χ1n) is 7.96. The van der Waals surface area contributed by atoms with Gasteiger partial charge in [-0.2, -0.15) is 0 Å². The number of amides is 1. The predicted molar refractivity (Wildman–Crippen MR) is 83.7 cm³/mol. The highest BCUT2D eigenvalue weighted by molar-refractivity contribution is 5.78. The Morgan fingerprint density at radius 1 is 1.05 bits per heavy atom. The summed E-state index contributed by atoms with van der Waals surface area (Å²) in [6.45, 7) is 1.10. The van der Waals surface area contributed by atoms with Crippen molar-refractivity contribution in [3.63, 3.8) is 0 Å². The summed E-state index contributed by atoms with van der Waals surface area (Å²) in [7, 11) is 0. The molecule has 1 aromatic rings. The molecule has 2 rings (SSSR count). The van der Waals surface area contributed by atoms with Gasteiger partial charge < -0.3 is 15.7 Å². The maximum atomic E-state index is 11.9. The number of rotatable bonds is 6. The molecule has 1 amide bonds. The van der Waals surface area contributed by atoms with Crippen molar-refractivity contribution in [2.24, 2.45) is 0 Å². The smallest absolute Gasteiger partial charge is 0.234 e. The van der Waals surface area contributed by atoms with E-state index in [4.69, 9.17) is 5.11 Å². The minimum atomic E-state index is 0.0670. The van der Waals surface area contributed by atoms with Crippen molar-refractivity contribution in [1.29, 1.82) is 0 Å². The van der Waals surface area contributed by atoms with Gasteiger partial charge in [-0.1, -0.05) is 49.9 Å². The molecule has 0 spiro atoms. The van der Waals surface area contributed by atoms with Crippen LogP contribution < -0.4 is 10.6 Å². The van der Waals surface area contributed by atoms with E-state index in [0.29, 0.717) is 19.1 Å². The molecule has 4 nitrogen and oxygen atoms in total. The van der Waals surface area contributed by atoms with E-state index in [-0.39, 0.29) is 12.5 Å². The maximum absolute atomic E-state index is 11.9. The molecular formula is C17H26N2O2. The lowest BCUT2D eigenvalue weighted by Gasteiger charge is -2.16. The number of hydrogen-bond acceptors (Lipinski definition) is 3. The van der Waals surface area contributed by atoms with E-state index in [1.165, 1.54) is 25.7 Å². The summed E-state index contributed by atoms with van der Waals surface area (Å²) in [5, 5.41) is 15.3. The number of aliphatic hydroxyl groups is 1. The molecule has 21 heavy (non-hydrogen) atoms. The summed E-state index contributed by atoms with van der Waals surface area (Å²) in [6, 6.07) is 8.13. The largest absolute Gasteiger partial charge is 0.392 e. The molecule has 3 N–H and O–H groups in total. The molecule has 0 aromatic heterocycles. The van der Waals surface area contributed by atoms with Crippen LogP contribution in [0.3, 0.4) is 0 Å². The summed E-state index contributed by atoms with van der Waals surface area (Å²) >= 11 is 0. The number of hydrogen-bond donors (Lipinski definition) is 3. The van der Waals surface area contributed by atoms with E-state index in [0.717, 1.165) is 24.0 Å². The first kappa shape index (κ1) is 16.0. The quantitative estimate of drug-likeness (QED) is 0.703. The fourth-order valence-electron chi connectivity index (χ4n) is 2.79. The first-order chi connectivity index (χ1) is 10.3. The summed E-state index contributed by atoms with van der Waals surface area (Å²) < 4.78 is 0. The van der Waals surface area contributed by atoms with Crippen LogP contribution in [-0.2, 0) is 17.9 Å². The van der Waals surface area contributed by atoms with Gasteiger partial charge in [0.15, 0.2) is 0 Å². The van der Waals surface area contributed by atoms with Crippen molar-refractivity contribution < 1.29 is 9.90 Å². The summed E-state index contributed by atoms with van der Waals surface area (Å²) in [5.41, 5.74) is 2.03. The van der Waals surface area contributed by atoms with Gasteiger partial charge in [-0.15, -0.1) is 0 Å². The molecule has 1 fully saturated rings. The van der Waals surface area contributed by atoms with Crippen LogP contribution in [0.1, 0.15) is 49.7 Å². The zero-order valence-electron chi connectivity index (χ0n) is 12.6. The van der Waals surface area contributed by atoms with Crippen LogP contribution in [0.15, 0.2) is 24.3 Å². The molecule has 0 atom stereocenters. The van der Waals surface area contributed by atoms with Crippen LogP contribution in [-0.4, -0.2) is 23.6 Å². The Bertz CT molecular complexity index is 423. The summed E-state index contributed by atoms with van der Waals surface area (Å²) in [4.78, 5) is 11.9. The molecule has 4 heteroatoms. The number of aliphatic hydroxyl groups excluding tert-OH is 1. The molecule has 0 saturated heterocycles. The molecular weight excluding hydrogens is 264 g/mol. The van der Waals surface area contributed by atoms with Crippen molar-refractivity contribution in [1.82, 2.24) is 10.6 Å². The maximum Gasteiger partial charge on any atom is 0.234 e. The first-order valence-corrected chi connectivity index (χ1v) is 7.96. The third-order valence-electron chi connectivity index (χ3n) is 4.04. The molecule has 1 aliphatic carbocycles. The van der Waals surface area contributed by atoms with Crippen LogP contribution >= 0.6 is 0 Å². The Labute approximate surface area is 126 Å². The molecule has 0 aliphatic heterocycles. The second-order valence-electron chi connectivity index (χ2n) is 5.83. The summed E-state index contributed by atoms with van der Waals surface area (Å²) in [6.07, 6.45) is 7.30. The van der Waals surface area contributed by atoms with Crippen molar-refractivity contribution >= 4 is 5.91 Å². The molecule has 0 radical (unpaired) electrons. The lowest BCUT2D eigenvalue weighted by atomic mass is 10.1. The molecule has 1 saturated carbocycles. The van der Waals surface area contributed by atoms with Crippen molar-refractivity contribution in [2.75, 3.05) is 6.54 Å². The molecule has 1 aliphatic rings. The lowest BCUT2D eigenvalue weighted by molar-refractivity contribution is -0.121. The van der Waals surface area contributed by atoms with Crippen molar-refractivity contribution in [3.05, 3.63) is 35.4 Å². The van der Waals surface area contributed by atoms with E-state index >= 15 is 0 Å². The zero-order chi connectivity index (χ0) is 14.9. The van der Waals surface area contributed by atoms with Gasteiger partial charge in [-0.05, 0) is 24.0 Å². The van der Waals surface area contributed by atoms with E-state index in [1.807, 2.05) is 24.3 Å². The van der Waals surface area contributed by atoms with Gasteiger partial charge in [0.25, 0.3) is 0 Å². The lowest BCUT2D eigenvalue weighted by Crippen LogP contribution is -2.40. The van der Waals surface area contributed by atoms with E-state index < -0.39 is 0 Å². The molecule has 0 heterocycles. The van der Waals surface area contributed by atoms with Gasteiger partial charge in [0.2, 0.25) is 5.91 Å². The Hall–Kier alpha value is -1.39. The van der Waals surface area contributed by atoms with Crippen LogP contribution in [0, 0.1) is 0 Å². The van der Waals surface area contributed by atoms with Gasteiger partial charge in [0.05, 0.1) is 13.2 Å². The van der Waals surface area contributed by atoms with Crippen LogP contribution in [0.2, 0.25) is 0 Å². The van der Waals surface area contributed by atoms with Gasteiger partial charge in [-0.25, -0.2) is 0 Å². The predicted octanol–water partition coefficient (Wildman–Crippen LogP) is 2.11. The highest BCUT2D eigenvalue weighted by Crippen LogP contribution is 2.16. The normalized spacial score (nSPS) is 16.4. The number of benzene rings is 1. The monoisotopic (exact) mass is 290 g/mol. The fourth-order valence-corrected chi connectivity index (χ4v) is 2.79. The molecule has 116 valence electrons. The summed E-state index contributed by atoms with van der Waals surface area (Å²) in [5.74, 6) is 0.0916. The third-order valence-corrected chi connectivity index (χ3v) is 4.04. The van der Waals surface area contributed by atoms with Gasteiger partial charge in [0.1, 0.15) is 0 Å². The fraction of sp³-hybridized carbons (Fsp3) is 0.588. The average Bonchev–Trinajstić information content (AvgIpc) is 2.76. The molecule has 1 aromatic carbocycles. The van der Waals surface area contributed by atoms with E-state index in [9.17, 15) is 4.79 Å². The van der Waals surface area contributed by atoms with Crippen LogP contribution in [0.4, 0.5) is 0 Å². The van der Waals surface area contributed by atoms with E-state index in [1.54, 1.807) is 0 Å². The highest BCUT2D eigenvalue weighted by Gasteiger charge is 2.14. The topological polar surface area (TPSA) is 61.4 Å². The Kier molecular flexibility index (Phi) is 6.70. The Balaban J connectivity index is 1.66. The minimum absolute atomic E-state index is 0.0670. The number of nitrogens with one attached hydrogen (secondary N) is 2. The van der Waals surface area contributed by atoms with Crippen LogP contribution in [0.5, 0.6) is 0 Å². The molecule has 0 unspecified atom stereocenters. The molecule has 0 bridgehead atoms. The second-order valence-corrected chi connectivity index (χ2v) is 5.83. The second kappa shape index (κ2) is 8.80. The van der Waals surface area contributed by atoms with Gasteiger partial charge in [0, 0.05) is 12.6 Å². The minimum Gasteiger partial charge on any atom is -0.392 e. The zero-order valence-corrected chi connectivity index (χ0v) is 12.6.